The molecule has 0 unspecified atom stereocenters. The molecule has 0 spiro atoms. The second-order valence-corrected chi connectivity index (χ2v) is 6.88. The van der Waals surface area contributed by atoms with Crippen molar-refractivity contribution in [1.82, 2.24) is 5.32 Å². The first-order chi connectivity index (χ1) is 15.3. The van der Waals surface area contributed by atoms with Gasteiger partial charge in [0.05, 0.1) is 18.0 Å². The first-order valence-corrected chi connectivity index (χ1v) is 9.85. The summed E-state index contributed by atoms with van der Waals surface area (Å²) in [5.41, 5.74) is 6.38. The van der Waals surface area contributed by atoms with E-state index in [1.54, 1.807) is 37.3 Å². The number of ether oxygens (including phenoxy) is 2. The molecule has 170 valence electrons. The number of benzene rings is 2. The summed E-state index contributed by atoms with van der Waals surface area (Å²) in [6, 6.07) is 12.7. The van der Waals surface area contributed by atoms with Crippen molar-refractivity contribution in [3.63, 3.8) is 0 Å². The molecule has 0 saturated heterocycles. The quantitative estimate of drug-likeness (QED) is 0.306. The zero-order valence-electron chi connectivity index (χ0n) is 17.7. The highest BCUT2D eigenvalue weighted by atomic mass is 16.6. The van der Waals surface area contributed by atoms with Crippen LogP contribution in [0.25, 0.3) is 0 Å². The van der Waals surface area contributed by atoms with Gasteiger partial charge in [0.15, 0.2) is 6.10 Å². The van der Waals surface area contributed by atoms with E-state index in [0.29, 0.717) is 11.1 Å². The van der Waals surface area contributed by atoms with Crippen LogP contribution in [-0.4, -0.2) is 42.5 Å². The van der Waals surface area contributed by atoms with Gasteiger partial charge in [0.1, 0.15) is 6.04 Å². The van der Waals surface area contributed by atoms with Crippen LogP contribution in [0.15, 0.2) is 54.6 Å². The third kappa shape index (κ3) is 6.35. The standard InChI is InChI=1S/C22H25N3O7/c1-3-32-18(26)13-17(14-9-11-16(12-10-14)25(29)30)19(21(23)27)24-22(28)20(31-2)15-7-5-4-6-8-15/h4-12,17,19-20H,3,13H2,1-2H3,(H2,23,27)(H,24,28)/t17-,19-,20+/m1/s1. The van der Waals surface area contributed by atoms with Crippen molar-refractivity contribution in [3.8, 4) is 0 Å². The van der Waals surface area contributed by atoms with Gasteiger partial charge < -0.3 is 20.5 Å². The maximum Gasteiger partial charge on any atom is 0.306 e. The third-order valence-electron chi connectivity index (χ3n) is 4.81. The van der Waals surface area contributed by atoms with E-state index in [-0.39, 0.29) is 18.7 Å². The molecule has 10 nitrogen and oxygen atoms in total. The van der Waals surface area contributed by atoms with Crippen molar-refractivity contribution in [1.29, 1.82) is 0 Å². The summed E-state index contributed by atoms with van der Waals surface area (Å²) in [6.45, 7) is 1.76. The van der Waals surface area contributed by atoms with Crippen molar-refractivity contribution in [2.24, 2.45) is 5.73 Å². The largest absolute Gasteiger partial charge is 0.466 e. The fourth-order valence-corrected chi connectivity index (χ4v) is 3.29. The number of hydrogen-bond donors (Lipinski definition) is 2. The van der Waals surface area contributed by atoms with Gasteiger partial charge in [0.2, 0.25) is 5.91 Å². The molecule has 0 aliphatic carbocycles. The van der Waals surface area contributed by atoms with E-state index in [4.69, 9.17) is 15.2 Å². The average molecular weight is 443 g/mol. The Balaban J connectivity index is 2.37. The Morgan fingerprint density at radius 2 is 1.69 bits per heavy atom. The monoisotopic (exact) mass is 443 g/mol. The minimum Gasteiger partial charge on any atom is -0.466 e. The van der Waals surface area contributed by atoms with Crippen molar-refractivity contribution >= 4 is 23.5 Å². The first kappa shape index (κ1) is 24.5. The molecule has 0 fully saturated rings. The number of amides is 2. The van der Waals surface area contributed by atoms with Crippen molar-refractivity contribution < 1.29 is 28.8 Å². The maximum atomic E-state index is 12.9. The lowest BCUT2D eigenvalue weighted by Gasteiger charge is -2.27. The van der Waals surface area contributed by atoms with Gasteiger partial charge in [-0.15, -0.1) is 0 Å². The molecule has 32 heavy (non-hydrogen) atoms. The van der Waals surface area contributed by atoms with Gasteiger partial charge >= 0.3 is 5.97 Å². The lowest BCUT2D eigenvalue weighted by Crippen LogP contribution is -2.50. The minimum atomic E-state index is -1.30. The Morgan fingerprint density at radius 1 is 1.06 bits per heavy atom. The van der Waals surface area contributed by atoms with E-state index in [1.165, 1.54) is 31.4 Å². The molecule has 0 aromatic heterocycles. The van der Waals surface area contributed by atoms with Crippen molar-refractivity contribution in [2.45, 2.75) is 31.4 Å². The van der Waals surface area contributed by atoms with Crippen LogP contribution in [0, 0.1) is 10.1 Å². The first-order valence-electron chi connectivity index (χ1n) is 9.85. The number of nitro benzene ring substituents is 1. The van der Waals surface area contributed by atoms with Crippen LogP contribution in [0.3, 0.4) is 0 Å². The number of primary amides is 1. The van der Waals surface area contributed by atoms with Crippen LogP contribution >= 0.6 is 0 Å². The van der Waals surface area contributed by atoms with Crippen LogP contribution in [-0.2, 0) is 23.9 Å². The summed E-state index contributed by atoms with van der Waals surface area (Å²) < 4.78 is 10.3. The molecule has 0 aliphatic heterocycles. The third-order valence-corrected chi connectivity index (χ3v) is 4.81. The number of non-ortho nitro benzene ring substituents is 1. The molecule has 2 amide bonds. The number of nitrogens with two attached hydrogens (primary N) is 1. The van der Waals surface area contributed by atoms with Crippen LogP contribution in [0.5, 0.6) is 0 Å². The lowest BCUT2D eigenvalue weighted by molar-refractivity contribution is -0.384. The number of esters is 1. The SMILES string of the molecule is CCOC(=O)C[C@H](c1ccc([N+](=O)[O-])cc1)[C@@H](NC(=O)[C@@H](OC)c1ccccc1)C(N)=O. The predicted molar refractivity (Wildman–Crippen MR) is 114 cm³/mol. The number of carbonyl (C=O) groups is 3. The highest BCUT2D eigenvalue weighted by Crippen LogP contribution is 2.27. The van der Waals surface area contributed by atoms with Gasteiger partial charge in [-0.1, -0.05) is 42.5 Å². The molecule has 0 radical (unpaired) electrons. The molecule has 10 heteroatoms. The fraction of sp³-hybridized carbons (Fsp3) is 0.318. The van der Waals surface area contributed by atoms with E-state index in [1.807, 2.05) is 0 Å². The smallest absolute Gasteiger partial charge is 0.306 e. The topological polar surface area (TPSA) is 151 Å². The molecule has 2 aromatic rings. The summed E-state index contributed by atoms with van der Waals surface area (Å²) in [5.74, 6) is -3.03. The minimum absolute atomic E-state index is 0.124. The number of carbonyl (C=O) groups excluding carboxylic acids is 3. The van der Waals surface area contributed by atoms with Gasteiger partial charge in [-0.3, -0.25) is 24.5 Å². The van der Waals surface area contributed by atoms with E-state index in [2.05, 4.69) is 5.32 Å². The Bertz CT molecular complexity index is 948. The zero-order chi connectivity index (χ0) is 23.7. The summed E-state index contributed by atoms with van der Waals surface area (Å²) in [5, 5.41) is 13.5. The second kappa shape index (κ2) is 11.6. The number of rotatable bonds is 11. The summed E-state index contributed by atoms with van der Waals surface area (Å²) in [6.07, 6.45) is -1.29. The fourth-order valence-electron chi connectivity index (χ4n) is 3.29. The number of methoxy groups -OCH3 is 1. The normalized spacial score (nSPS) is 13.4. The van der Waals surface area contributed by atoms with E-state index < -0.39 is 40.8 Å². The van der Waals surface area contributed by atoms with Crippen LogP contribution in [0.2, 0.25) is 0 Å². The lowest BCUT2D eigenvalue weighted by atomic mass is 9.87. The molecule has 2 aromatic carbocycles. The van der Waals surface area contributed by atoms with Crippen molar-refractivity contribution in [2.75, 3.05) is 13.7 Å². The number of nitrogens with zero attached hydrogens (tertiary/aromatic N) is 1. The van der Waals surface area contributed by atoms with Crippen LogP contribution in [0.1, 0.15) is 36.5 Å². The van der Waals surface area contributed by atoms with Gasteiger partial charge in [-0.2, -0.15) is 0 Å². The Morgan fingerprint density at radius 3 is 2.19 bits per heavy atom. The van der Waals surface area contributed by atoms with Gasteiger partial charge in [-0.05, 0) is 18.1 Å². The molecule has 3 atom stereocenters. The van der Waals surface area contributed by atoms with Crippen molar-refractivity contribution in [3.05, 3.63) is 75.8 Å². The molecule has 0 bridgehead atoms. The number of nitro groups is 1. The highest BCUT2D eigenvalue weighted by molar-refractivity contribution is 5.90. The second-order valence-electron chi connectivity index (χ2n) is 6.88. The maximum absolute atomic E-state index is 12.9. The highest BCUT2D eigenvalue weighted by Gasteiger charge is 2.34. The molecular formula is C22H25N3O7. The molecule has 0 saturated carbocycles. The summed E-state index contributed by atoms with van der Waals surface area (Å²) in [4.78, 5) is 47.8. The summed E-state index contributed by atoms with van der Waals surface area (Å²) in [7, 11) is 1.35. The molecule has 3 N–H and O–H groups in total. The zero-order valence-corrected chi connectivity index (χ0v) is 17.7. The Labute approximate surface area is 184 Å². The van der Waals surface area contributed by atoms with E-state index in [0.717, 1.165) is 0 Å². The van der Waals surface area contributed by atoms with E-state index >= 15 is 0 Å². The van der Waals surface area contributed by atoms with Gasteiger partial charge in [0.25, 0.3) is 11.6 Å². The average Bonchev–Trinajstić information content (AvgIpc) is 2.77. The van der Waals surface area contributed by atoms with E-state index in [9.17, 15) is 24.5 Å². The Hall–Kier alpha value is -3.79. The predicted octanol–water partition coefficient (Wildman–Crippen LogP) is 1.99. The molecule has 0 heterocycles. The number of nitrogens with one attached hydrogen (secondary N) is 1. The summed E-state index contributed by atoms with van der Waals surface area (Å²) >= 11 is 0. The Kier molecular flexibility index (Phi) is 8.84. The van der Waals surface area contributed by atoms with Crippen LogP contribution < -0.4 is 11.1 Å². The van der Waals surface area contributed by atoms with Crippen LogP contribution in [0.4, 0.5) is 5.69 Å². The van der Waals surface area contributed by atoms with Gasteiger partial charge in [0, 0.05) is 25.2 Å². The molecule has 0 aliphatic rings. The molecular weight excluding hydrogens is 418 g/mol. The molecule has 2 rings (SSSR count). The van der Waals surface area contributed by atoms with Gasteiger partial charge in [-0.25, -0.2) is 0 Å². The number of hydrogen-bond acceptors (Lipinski definition) is 7.